The molecule has 0 fully saturated rings. The van der Waals surface area contributed by atoms with E-state index < -0.39 is 12.2 Å². The molecule has 1 rings (SSSR count). The van der Waals surface area contributed by atoms with Crippen LogP contribution in [0.4, 0.5) is 0 Å². The number of benzene rings is 1. The second-order valence-corrected chi connectivity index (χ2v) is 6.71. The van der Waals surface area contributed by atoms with Gasteiger partial charge in [-0.05, 0) is 58.4 Å². The zero-order valence-corrected chi connectivity index (χ0v) is 16.2. The van der Waals surface area contributed by atoms with E-state index >= 15 is 0 Å². The third-order valence-corrected chi connectivity index (χ3v) is 4.37. The molecule has 0 aliphatic heterocycles. The van der Waals surface area contributed by atoms with Gasteiger partial charge in [0.2, 0.25) is 0 Å². The number of phenols is 1. The van der Waals surface area contributed by atoms with Crippen LogP contribution < -0.4 is 4.74 Å². The number of rotatable bonds is 9. The van der Waals surface area contributed by atoms with Crippen molar-refractivity contribution in [2.45, 2.75) is 44.8 Å². The highest BCUT2D eigenvalue weighted by Crippen LogP contribution is 2.35. The molecule has 1 aromatic carbocycles. The van der Waals surface area contributed by atoms with Crippen LogP contribution >= 0.6 is 22.6 Å². The lowest BCUT2D eigenvalue weighted by Crippen LogP contribution is -2.12. The molecular formula is C18H25IO5. The van der Waals surface area contributed by atoms with Gasteiger partial charge in [-0.25, -0.2) is 0 Å². The Morgan fingerprint density at radius 1 is 1.38 bits per heavy atom. The van der Waals surface area contributed by atoms with Crippen LogP contribution in [-0.4, -0.2) is 40.2 Å². The third-order valence-electron chi connectivity index (χ3n) is 3.55. The minimum atomic E-state index is -0.777. The monoisotopic (exact) mass is 448 g/mol. The highest BCUT2D eigenvalue weighted by atomic mass is 127. The van der Waals surface area contributed by atoms with E-state index in [2.05, 4.69) is 5.73 Å². The minimum absolute atomic E-state index is 0.0627. The average molecular weight is 448 g/mol. The van der Waals surface area contributed by atoms with Gasteiger partial charge in [0.25, 0.3) is 0 Å². The molecule has 0 spiro atoms. The predicted molar refractivity (Wildman–Crippen MR) is 101 cm³/mol. The van der Waals surface area contributed by atoms with Crippen molar-refractivity contribution in [2.24, 2.45) is 0 Å². The van der Waals surface area contributed by atoms with E-state index in [-0.39, 0.29) is 12.4 Å². The van der Waals surface area contributed by atoms with Crippen LogP contribution in [-0.2, 0) is 0 Å². The maximum atomic E-state index is 10.3. The lowest BCUT2D eigenvalue weighted by atomic mass is 10.0. The van der Waals surface area contributed by atoms with Crippen molar-refractivity contribution in [1.29, 1.82) is 0 Å². The Morgan fingerprint density at radius 3 is 2.67 bits per heavy atom. The largest absolute Gasteiger partial charge is 0.504 e. The van der Waals surface area contributed by atoms with E-state index in [0.29, 0.717) is 27.7 Å². The number of phenolic OH excluding ortho intramolecular Hbond substituents is 1. The van der Waals surface area contributed by atoms with Crippen LogP contribution in [0.25, 0.3) is 0 Å². The molecule has 0 saturated carbocycles. The Kier molecular flexibility index (Phi) is 9.39. The maximum Gasteiger partial charge on any atom is 0.171 e. The van der Waals surface area contributed by atoms with Crippen molar-refractivity contribution >= 4 is 22.6 Å². The third kappa shape index (κ3) is 6.45. The number of hydrogen-bond donors (Lipinski definition) is 4. The van der Waals surface area contributed by atoms with Gasteiger partial charge in [-0.2, -0.15) is 0 Å². The first-order valence-electron chi connectivity index (χ1n) is 7.89. The molecule has 0 radical (unpaired) electrons. The van der Waals surface area contributed by atoms with Crippen LogP contribution in [0.5, 0.6) is 11.5 Å². The summed E-state index contributed by atoms with van der Waals surface area (Å²) in [7, 11) is 1.47. The number of aliphatic hydroxyl groups is 3. The summed E-state index contributed by atoms with van der Waals surface area (Å²) in [4.78, 5) is 0. The van der Waals surface area contributed by atoms with Crippen LogP contribution in [0.1, 0.15) is 44.3 Å². The fourth-order valence-corrected chi connectivity index (χ4v) is 2.90. The van der Waals surface area contributed by atoms with Crippen LogP contribution in [0.3, 0.4) is 0 Å². The Hall–Kier alpha value is -1.05. The van der Waals surface area contributed by atoms with Crippen LogP contribution in [0.2, 0.25) is 0 Å². The Balaban J connectivity index is 2.87. The molecule has 1 aromatic rings. The Labute approximate surface area is 156 Å². The molecule has 0 bridgehead atoms. The second-order valence-electron chi connectivity index (χ2n) is 5.55. The number of hydrogen-bond acceptors (Lipinski definition) is 5. The van der Waals surface area contributed by atoms with Gasteiger partial charge in [-0.3, -0.25) is 0 Å². The van der Waals surface area contributed by atoms with Gasteiger partial charge in [0, 0.05) is 12.8 Å². The lowest BCUT2D eigenvalue weighted by Gasteiger charge is -2.12. The van der Waals surface area contributed by atoms with Crippen molar-refractivity contribution in [3.63, 3.8) is 0 Å². The van der Waals surface area contributed by atoms with Crippen molar-refractivity contribution in [3.8, 4) is 11.5 Å². The molecule has 5 nitrogen and oxygen atoms in total. The molecule has 0 amide bonds. The first-order chi connectivity index (χ1) is 11.4. The van der Waals surface area contributed by atoms with Gasteiger partial charge in [0.15, 0.2) is 11.5 Å². The number of aliphatic hydroxyl groups excluding tert-OH is 3. The molecule has 134 valence electrons. The SMILES string of the molecule is CCCC(=C=CC[C@@H](O)c1cc(I)c(O)c(OC)c1)C[C@@H](O)CO. The number of aromatic hydroxyl groups is 1. The molecule has 0 unspecified atom stereocenters. The average Bonchev–Trinajstić information content (AvgIpc) is 2.56. The molecular weight excluding hydrogens is 423 g/mol. The Bertz CT molecular complexity index is 593. The molecule has 4 N–H and O–H groups in total. The van der Waals surface area contributed by atoms with E-state index in [1.54, 1.807) is 18.2 Å². The van der Waals surface area contributed by atoms with Crippen molar-refractivity contribution in [1.82, 2.24) is 0 Å². The minimum Gasteiger partial charge on any atom is -0.504 e. The molecule has 6 heteroatoms. The molecule has 0 aliphatic carbocycles. The molecule has 0 aromatic heterocycles. The van der Waals surface area contributed by atoms with Gasteiger partial charge < -0.3 is 25.2 Å². The number of methoxy groups -OCH3 is 1. The molecule has 2 atom stereocenters. The summed E-state index contributed by atoms with van der Waals surface area (Å²) in [5.41, 5.74) is 4.69. The first-order valence-corrected chi connectivity index (χ1v) is 8.97. The quantitative estimate of drug-likeness (QED) is 0.345. The highest BCUT2D eigenvalue weighted by Gasteiger charge is 2.13. The normalized spacial score (nSPS) is 13.1. The highest BCUT2D eigenvalue weighted by molar-refractivity contribution is 14.1. The lowest BCUT2D eigenvalue weighted by molar-refractivity contribution is 0.0948. The van der Waals surface area contributed by atoms with Gasteiger partial charge in [0.05, 0.1) is 29.5 Å². The maximum absolute atomic E-state index is 10.3. The summed E-state index contributed by atoms with van der Waals surface area (Å²) >= 11 is 1.99. The van der Waals surface area contributed by atoms with E-state index in [0.717, 1.165) is 18.4 Å². The smallest absolute Gasteiger partial charge is 0.171 e. The van der Waals surface area contributed by atoms with Crippen molar-refractivity contribution in [3.05, 3.63) is 38.6 Å². The predicted octanol–water partition coefficient (Wildman–Crippen LogP) is 3.05. The van der Waals surface area contributed by atoms with Gasteiger partial charge in [-0.15, -0.1) is 5.73 Å². The fourth-order valence-electron chi connectivity index (χ4n) is 2.28. The first kappa shape index (κ1) is 21.0. The van der Waals surface area contributed by atoms with Crippen molar-refractivity contribution < 1.29 is 25.2 Å². The van der Waals surface area contributed by atoms with Gasteiger partial charge >= 0.3 is 0 Å². The summed E-state index contributed by atoms with van der Waals surface area (Å²) in [6, 6.07) is 3.32. The molecule has 24 heavy (non-hydrogen) atoms. The molecule has 0 saturated heterocycles. The van der Waals surface area contributed by atoms with E-state index in [1.807, 2.05) is 29.5 Å². The van der Waals surface area contributed by atoms with Gasteiger partial charge in [-0.1, -0.05) is 13.3 Å². The standard InChI is InChI=1S/C18H25IO5/c1-3-5-12(8-14(21)11-20)6-4-7-16(22)13-9-15(19)18(23)17(10-13)24-2/h4,9-10,14,16,20-23H,3,5,7-8,11H2,1-2H3/t6?,14-,16-/m1/s1. The molecule has 0 aliphatic rings. The zero-order valence-electron chi connectivity index (χ0n) is 14.0. The zero-order chi connectivity index (χ0) is 18.1. The summed E-state index contributed by atoms with van der Waals surface area (Å²) in [5.74, 6) is 0.390. The second kappa shape index (κ2) is 10.7. The van der Waals surface area contributed by atoms with E-state index in [1.165, 1.54) is 7.11 Å². The summed E-state index contributed by atoms with van der Waals surface area (Å²) < 4.78 is 5.71. The summed E-state index contributed by atoms with van der Waals surface area (Å²) in [6.45, 7) is 1.76. The molecule has 0 heterocycles. The topological polar surface area (TPSA) is 90.2 Å². The van der Waals surface area contributed by atoms with Crippen molar-refractivity contribution in [2.75, 3.05) is 13.7 Å². The van der Waals surface area contributed by atoms with Gasteiger partial charge in [0.1, 0.15) is 0 Å². The fraction of sp³-hybridized carbons (Fsp3) is 0.500. The summed E-state index contributed by atoms with van der Waals surface area (Å²) in [6.07, 6.45) is 2.66. The summed E-state index contributed by atoms with van der Waals surface area (Å²) in [5, 5.41) is 38.6. The van der Waals surface area contributed by atoms with Crippen LogP contribution in [0.15, 0.2) is 29.5 Å². The number of halogens is 1. The van der Waals surface area contributed by atoms with E-state index in [9.17, 15) is 15.3 Å². The van der Waals surface area contributed by atoms with E-state index in [4.69, 9.17) is 9.84 Å². The Morgan fingerprint density at radius 2 is 2.08 bits per heavy atom. The van der Waals surface area contributed by atoms with Crippen LogP contribution in [0, 0.1) is 3.57 Å². The number of ether oxygens (including phenoxy) is 1.